The summed E-state index contributed by atoms with van der Waals surface area (Å²) in [5, 5.41) is 4.61. The number of thioether (sulfide) groups is 1. The Morgan fingerprint density at radius 2 is 2.11 bits per heavy atom. The first-order valence-electron chi connectivity index (χ1n) is 7.69. The molecule has 2 nitrogen and oxygen atoms in total. The summed E-state index contributed by atoms with van der Waals surface area (Å²) < 4.78 is 0. The van der Waals surface area contributed by atoms with Crippen LogP contribution in [0, 0.1) is 5.92 Å². The predicted molar refractivity (Wildman–Crippen MR) is 82.4 cm³/mol. The molecule has 0 aromatic heterocycles. The molecule has 0 radical (unpaired) electrons. The van der Waals surface area contributed by atoms with Crippen LogP contribution in [0.4, 0.5) is 0 Å². The third-order valence-electron chi connectivity index (χ3n) is 4.88. The van der Waals surface area contributed by atoms with Gasteiger partial charge in [-0.15, -0.1) is 0 Å². The van der Waals surface area contributed by atoms with Crippen LogP contribution >= 0.6 is 11.8 Å². The first-order valence-corrected chi connectivity index (χ1v) is 8.98. The lowest BCUT2D eigenvalue weighted by atomic mass is 9.95. The fourth-order valence-corrected chi connectivity index (χ4v) is 4.70. The van der Waals surface area contributed by atoms with Crippen molar-refractivity contribution >= 4 is 11.8 Å². The minimum Gasteiger partial charge on any atom is -0.311 e. The average molecular weight is 270 g/mol. The van der Waals surface area contributed by atoms with E-state index in [4.69, 9.17) is 0 Å². The van der Waals surface area contributed by atoms with Gasteiger partial charge in [-0.2, -0.15) is 11.8 Å². The van der Waals surface area contributed by atoms with Crippen LogP contribution in [0.1, 0.15) is 46.5 Å². The SMILES string of the molecule is CCC1CN(C2CCCC2SC)C(C(C)C)CN1. The zero-order valence-corrected chi connectivity index (χ0v) is 13.3. The summed E-state index contributed by atoms with van der Waals surface area (Å²) in [5.74, 6) is 0.762. The Morgan fingerprint density at radius 3 is 2.72 bits per heavy atom. The quantitative estimate of drug-likeness (QED) is 0.845. The summed E-state index contributed by atoms with van der Waals surface area (Å²) in [7, 11) is 0. The van der Waals surface area contributed by atoms with Crippen LogP contribution < -0.4 is 5.32 Å². The molecule has 0 bridgehead atoms. The van der Waals surface area contributed by atoms with E-state index in [2.05, 4.69) is 49.0 Å². The highest BCUT2D eigenvalue weighted by atomic mass is 32.2. The van der Waals surface area contributed by atoms with Gasteiger partial charge in [0.15, 0.2) is 0 Å². The van der Waals surface area contributed by atoms with Gasteiger partial charge in [0, 0.05) is 36.5 Å². The first kappa shape index (κ1) is 14.7. The van der Waals surface area contributed by atoms with Gasteiger partial charge in [0.25, 0.3) is 0 Å². The second kappa shape index (κ2) is 6.62. The smallest absolute Gasteiger partial charge is 0.0247 e. The molecule has 0 aromatic carbocycles. The van der Waals surface area contributed by atoms with Gasteiger partial charge < -0.3 is 5.32 Å². The molecule has 0 spiro atoms. The number of hydrogen-bond acceptors (Lipinski definition) is 3. The van der Waals surface area contributed by atoms with E-state index < -0.39 is 0 Å². The maximum atomic E-state index is 3.74. The molecule has 2 rings (SSSR count). The number of piperazine rings is 1. The molecule has 1 saturated carbocycles. The summed E-state index contributed by atoms with van der Waals surface area (Å²) in [5.41, 5.74) is 0. The highest BCUT2D eigenvalue weighted by molar-refractivity contribution is 7.99. The van der Waals surface area contributed by atoms with E-state index in [1.165, 1.54) is 38.8 Å². The van der Waals surface area contributed by atoms with Gasteiger partial charge in [0.2, 0.25) is 0 Å². The Bertz CT molecular complexity index is 257. The van der Waals surface area contributed by atoms with Crippen molar-refractivity contribution in [3.8, 4) is 0 Å². The number of hydrogen-bond donors (Lipinski definition) is 1. The summed E-state index contributed by atoms with van der Waals surface area (Å²) in [6.45, 7) is 9.53. The molecule has 106 valence electrons. The molecule has 1 aliphatic carbocycles. The summed E-state index contributed by atoms with van der Waals surface area (Å²) in [6, 6.07) is 2.29. The molecule has 2 aliphatic rings. The van der Waals surface area contributed by atoms with E-state index in [9.17, 15) is 0 Å². The van der Waals surface area contributed by atoms with Crippen LogP contribution in [-0.4, -0.2) is 47.6 Å². The molecule has 0 amide bonds. The van der Waals surface area contributed by atoms with Crippen molar-refractivity contribution < 1.29 is 0 Å². The average Bonchev–Trinajstić information content (AvgIpc) is 2.85. The maximum Gasteiger partial charge on any atom is 0.0247 e. The Hall–Kier alpha value is 0.270. The van der Waals surface area contributed by atoms with Gasteiger partial charge >= 0.3 is 0 Å². The van der Waals surface area contributed by atoms with Gasteiger partial charge in [0.05, 0.1) is 0 Å². The molecule has 1 N–H and O–H groups in total. The number of nitrogens with one attached hydrogen (secondary N) is 1. The van der Waals surface area contributed by atoms with Gasteiger partial charge in [-0.05, 0) is 31.4 Å². The Labute approximate surface area is 117 Å². The molecule has 18 heavy (non-hydrogen) atoms. The van der Waals surface area contributed by atoms with Crippen LogP contribution in [-0.2, 0) is 0 Å². The molecule has 1 heterocycles. The zero-order valence-electron chi connectivity index (χ0n) is 12.5. The van der Waals surface area contributed by atoms with E-state index in [-0.39, 0.29) is 0 Å². The topological polar surface area (TPSA) is 15.3 Å². The van der Waals surface area contributed by atoms with Crippen LogP contribution in [0.15, 0.2) is 0 Å². The van der Waals surface area contributed by atoms with Crippen molar-refractivity contribution in [3.63, 3.8) is 0 Å². The van der Waals surface area contributed by atoms with Crippen LogP contribution in [0.25, 0.3) is 0 Å². The molecular weight excluding hydrogens is 240 g/mol. The minimum absolute atomic E-state index is 0.711. The molecule has 1 saturated heterocycles. The monoisotopic (exact) mass is 270 g/mol. The number of nitrogens with zero attached hydrogens (tertiary/aromatic N) is 1. The lowest BCUT2D eigenvalue weighted by molar-refractivity contribution is 0.0588. The zero-order chi connectivity index (χ0) is 13.1. The van der Waals surface area contributed by atoms with Crippen molar-refractivity contribution in [2.75, 3.05) is 19.3 Å². The van der Waals surface area contributed by atoms with E-state index in [0.717, 1.165) is 23.3 Å². The fraction of sp³-hybridized carbons (Fsp3) is 1.00. The van der Waals surface area contributed by atoms with Gasteiger partial charge in [-0.1, -0.05) is 27.2 Å². The minimum atomic E-state index is 0.711. The maximum absolute atomic E-state index is 3.74. The van der Waals surface area contributed by atoms with Crippen molar-refractivity contribution in [2.24, 2.45) is 5.92 Å². The Kier molecular flexibility index (Phi) is 5.40. The second-order valence-electron chi connectivity index (χ2n) is 6.29. The van der Waals surface area contributed by atoms with Crippen LogP contribution in [0.5, 0.6) is 0 Å². The van der Waals surface area contributed by atoms with Crippen LogP contribution in [0.2, 0.25) is 0 Å². The van der Waals surface area contributed by atoms with E-state index in [1.807, 2.05) is 0 Å². The van der Waals surface area contributed by atoms with Gasteiger partial charge in [-0.3, -0.25) is 4.90 Å². The third kappa shape index (κ3) is 3.05. The van der Waals surface area contributed by atoms with Crippen molar-refractivity contribution in [2.45, 2.75) is 69.8 Å². The Morgan fingerprint density at radius 1 is 1.33 bits per heavy atom. The van der Waals surface area contributed by atoms with E-state index >= 15 is 0 Å². The van der Waals surface area contributed by atoms with E-state index in [1.54, 1.807) is 0 Å². The van der Waals surface area contributed by atoms with Gasteiger partial charge in [-0.25, -0.2) is 0 Å². The lowest BCUT2D eigenvalue weighted by Gasteiger charge is -2.46. The fourth-order valence-electron chi connectivity index (χ4n) is 3.69. The van der Waals surface area contributed by atoms with E-state index in [0.29, 0.717) is 6.04 Å². The molecule has 2 fully saturated rings. The lowest BCUT2D eigenvalue weighted by Crippen LogP contribution is -2.61. The predicted octanol–water partition coefficient (Wildman–Crippen LogP) is 2.98. The largest absolute Gasteiger partial charge is 0.311 e. The Balaban J connectivity index is 2.08. The second-order valence-corrected chi connectivity index (χ2v) is 7.37. The highest BCUT2D eigenvalue weighted by Gasteiger charge is 2.39. The number of rotatable bonds is 4. The molecule has 1 aliphatic heterocycles. The molecule has 4 unspecified atom stereocenters. The van der Waals surface area contributed by atoms with Crippen LogP contribution in [0.3, 0.4) is 0 Å². The standard InChI is InChI=1S/C15H30N2S/c1-5-12-10-17(14(9-16-12)11(2)3)13-7-6-8-15(13)18-4/h11-16H,5-10H2,1-4H3. The molecule has 0 aromatic rings. The third-order valence-corrected chi connectivity index (χ3v) is 6.04. The van der Waals surface area contributed by atoms with Gasteiger partial charge in [0.1, 0.15) is 0 Å². The summed E-state index contributed by atoms with van der Waals surface area (Å²) >= 11 is 2.09. The first-order chi connectivity index (χ1) is 8.67. The molecule has 3 heteroatoms. The molecular formula is C15H30N2S. The van der Waals surface area contributed by atoms with Crippen molar-refractivity contribution in [1.29, 1.82) is 0 Å². The van der Waals surface area contributed by atoms with Crippen molar-refractivity contribution in [1.82, 2.24) is 10.2 Å². The molecule has 4 atom stereocenters. The normalized spacial score (nSPS) is 38.5. The van der Waals surface area contributed by atoms with Crippen molar-refractivity contribution in [3.05, 3.63) is 0 Å². The summed E-state index contributed by atoms with van der Waals surface area (Å²) in [4.78, 5) is 2.86. The highest BCUT2D eigenvalue weighted by Crippen LogP contribution is 2.35. The summed E-state index contributed by atoms with van der Waals surface area (Å²) in [6.07, 6.45) is 7.84.